The van der Waals surface area contributed by atoms with Gasteiger partial charge in [0.05, 0.1) is 19.4 Å². The van der Waals surface area contributed by atoms with Crippen LogP contribution in [0.5, 0.6) is 0 Å². The van der Waals surface area contributed by atoms with Crippen LogP contribution in [0.1, 0.15) is 6.92 Å². The van der Waals surface area contributed by atoms with Crippen molar-refractivity contribution in [1.82, 2.24) is 4.90 Å². The minimum atomic E-state index is -3.46. The Labute approximate surface area is 83.9 Å². The van der Waals surface area contributed by atoms with Crippen LogP contribution in [0.25, 0.3) is 0 Å². The van der Waals surface area contributed by atoms with Crippen molar-refractivity contribution in [3.05, 3.63) is 0 Å². The zero-order valence-corrected chi connectivity index (χ0v) is 9.33. The Bertz CT molecular complexity index is 274. The molecular formula is C7H15NO5S. The standard InChI is InChI=1S/C7H15NO5S/c1-4-12-7(9)5-8(2)6-13-14(3,10)11/h4-6H2,1-3H3. The summed E-state index contributed by atoms with van der Waals surface area (Å²) in [5.41, 5.74) is 0. The van der Waals surface area contributed by atoms with Gasteiger partial charge in [-0.2, -0.15) is 8.42 Å². The van der Waals surface area contributed by atoms with Crippen LogP contribution >= 0.6 is 0 Å². The van der Waals surface area contributed by atoms with E-state index in [0.29, 0.717) is 6.61 Å². The van der Waals surface area contributed by atoms with E-state index in [1.165, 1.54) is 4.90 Å². The topological polar surface area (TPSA) is 72.9 Å². The SMILES string of the molecule is CCOC(=O)CN(C)COS(C)(=O)=O. The predicted molar refractivity (Wildman–Crippen MR) is 50.1 cm³/mol. The summed E-state index contributed by atoms with van der Waals surface area (Å²) >= 11 is 0. The lowest BCUT2D eigenvalue weighted by atomic mass is 10.6. The van der Waals surface area contributed by atoms with Gasteiger partial charge in [-0.25, -0.2) is 0 Å². The smallest absolute Gasteiger partial charge is 0.320 e. The second-order valence-corrected chi connectivity index (χ2v) is 4.41. The molecular weight excluding hydrogens is 210 g/mol. The molecule has 0 atom stereocenters. The summed E-state index contributed by atoms with van der Waals surface area (Å²) in [6, 6.07) is 0. The average molecular weight is 225 g/mol. The van der Waals surface area contributed by atoms with Crippen molar-refractivity contribution in [3.8, 4) is 0 Å². The van der Waals surface area contributed by atoms with E-state index in [9.17, 15) is 13.2 Å². The fourth-order valence-corrected chi connectivity index (χ4v) is 1.03. The number of hydrogen-bond acceptors (Lipinski definition) is 6. The quantitative estimate of drug-likeness (QED) is 0.342. The summed E-state index contributed by atoms with van der Waals surface area (Å²) in [4.78, 5) is 12.3. The first-order chi connectivity index (χ1) is 6.35. The van der Waals surface area contributed by atoms with Crippen LogP contribution in [0.2, 0.25) is 0 Å². The van der Waals surface area contributed by atoms with Crippen LogP contribution in [0, 0.1) is 0 Å². The number of ether oxygens (including phenoxy) is 1. The molecule has 0 aliphatic rings. The first kappa shape index (κ1) is 13.3. The highest BCUT2D eigenvalue weighted by atomic mass is 32.2. The molecule has 84 valence electrons. The number of esters is 1. The second-order valence-electron chi connectivity index (χ2n) is 2.77. The molecule has 0 fully saturated rings. The normalized spacial score (nSPS) is 11.7. The maximum atomic E-state index is 10.9. The van der Waals surface area contributed by atoms with E-state index in [1.54, 1.807) is 14.0 Å². The number of carbonyl (C=O) groups is 1. The van der Waals surface area contributed by atoms with Crippen molar-refractivity contribution in [3.63, 3.8) is 0 Å². The molecule has 0 amide bonds. The van der Waals surface area contributed by atoms with Gasteiger partial charge in [0, 0.05) is 0 Å². The Hall–Kier alpha value is -0.660. The second kappa shape index (κ2) is 5.94. The summed E-state index contributed by atoms with van der Waals surface area (Å²) in [6.45, 7) is 1.85. The molecule has 0 aliphatic carbocycles. The summed E-state index contributed by atoms with van der Waals surface area (Å²) in [5, 5.41) is 0. The summed E-state index contributed by atoms with van der Waals surface area (Å²) in [7, 11) is -1.90. The van der Waals surface area contributed by atoms with Gasteiger partial charge in [-0.1, -0.05) is 0 Å². The fourth-order valence-electron chi connectivity index (χ4n) is 0.658. The molecule has 0 spiro atoms. The van der Waals surface area contributed by atoms with Gasteiger partial charge in [-0.05, 0) is 14.0 Å². The zero-order chi connectivity index (χ0) is 11.2. The first-order valence-corrected chi connectivity index (χ1v) is 5.85. The highest BCUT2D eigenvalue weighted by Crippen LogP contribution is 1.91. The van der Waals surface area contributed by atoms with Gasteiger partial charge in [-0.15, -0.1) is 0 Å². The molecule has 0 aliphatic heterocycles. The van der Waals surface area contributed by atoms with E-state index < -0.39 is 16.1 Å². The molecule has 0 aromatic rings. The fraction of sp³-hybridized carbons (Fsp3) is 0.857. The highest BCUT2D eigenvalue weighted by Gasteiger charge is 2.09. The van der Waals surface area contributed by atoms with Crippen molar-refractivity contribution >= 4 is 16.1 Å². The molecule has 0 radical (unpaired) electrons. The molecule has 0 unspecified atom stereocenters. The van der Waals surface area contributed by atoms with Crippen molar-refractivity contribution in [1.29, 1.82) is 0 Å². The van der Waals surface area contributed by atoms with Gasteiger partial charge in [0.1, 0.15) is 6.73 Å². The van der Waals surface area contributed by atoms with Crippen LogP contribution in [0.3, 0.4) is 0 Å². The number of rotatable bonds is 6. The van der Waals surface area contributed by atoms with Crippen LogP contribution in [-0.2, 0) is 23.8 Å². The number of carbonyl (C=O) groups excluding carboxylic acids is 1. The van der Waals surface area contributed by atoms with Crippen molar-refractivity contribution in [2.24, 2.45) is 0 Å². The van der Waals surface area contributed by atoms with E-state index in [-0.39, 0.29) is 13.3 Å². The highest BCUT2D eigenvalue weighted by molar-refractivity contribution is 7.85. The minimum absolute atomic E-state index is 0.00333. The molecule has 0 rings (SSSR count). The van der Waals surface area contributed by atoms with Gasteiger partial charge in [-0.3, -0.25) is 13.9 Å². The largest absolute Gasteiger partial charge is 0.465 e. The van der Waals surface area contributed by atoms with E-state index in [4.69, 9.17) is 0 Å². The molecule has 0 saturated heterocycles. The Morgan fingerprint density at radius 3 is 2.43 bits per heavy atom. The summed E-state index contributed by atoms with van der Waals surface area (Å²) in [5.74, 6) is -0.410. The molecule has 0 heterocycles. The molecule has 0 saturated carbocycles. The Balaban J connectivity index is 3.76. The lowest BCUT2D eigenvalue weighted by Crippen LogP contribution is -2.30. The number of likely N-dealkylation sites (N-methyl/N-ethyl adjacent to an activating group) is 1. The monoisotopic (exact) mass is 225 g/mol. The third-order valence-electron chi connectivity index (χ3n) is 1.19. The minimum Gasteiger partial charge on any atom is -0.465 e. The Morgan fingerprint density at radius 1 is 1.43 bits per heavy atom. The zero-order valence-electron chi connectivity index (χ0n) is 8.52. The average Bonchev–Trinajstić information content (AvgIpc) is 2.00. The molecule has 0 N–H and O–H groups in total. The summed E-state index contributed by atoms with van der Waals surface area (Å²) < 4.78 is 30.3. The molecule has 7 heteroatoms. The van der Waals surface area contributed by atoms with Crippen molar-refractivity contribution in [2.45, 2.75) is 6.92 Å². The predicted octanol–water partition coefficient (Wildman–Crippen LogP) is -0.585. The van der Waals surface area contributed by atoms with Gasteiger partial charge in [0.25, 0.3) is 10.1 Å². The Morgan fingerprint density at radius 2 is 2.00 bits per heavy atom. The van der Waals surface area contributed by atoms with E-state index in [2.05, 4.69) is 8.92 Å². The van der Waals surface area contributed by atoms with E-state index in [0.717, 1.165) is 6.26 Å². The summed E-state index contributed by atoms with van der Waals surface area (Å²) in [6.07, 6.45) is 0.950. The van der Waals surface area contributed by atoms with Crippen LogP contribution in [-0.4, -0.2) is 52.5 Å². The van der Waals surface area contributed by atoms with Crippen LogP contribution < -0.4 is 0 Å². The Kier molecular flexibility index (Phi) is 5.66. The van der Waals surface area contributed by atoms with E-state index >= 15 is 0 Å². The third-order valence-corrected chi connectivity index (χ3v) is 1.73. The van der Waals surface area contributed by atoms with Gasteiger partial charge in [0.2, 0.25) is 0 Å². The van der Waals surface area contributed by atoms with Gasteiger partial charge < -0.3 is 4.74 Å². The lowest BCUT2D eigenvalue weighted by Gasteiger charge is -2.14. The number of hydrogen-bond donors (Lipinski definition) is 0. The first-order valence-electron chi connectivity index (χ1n) is 4.03. The molecule has 0 bridgehead atoms. The lowest BCUT2D eigenvalue weighted by molar-refractivity contribution is -0.144. The van der Waals surface area contributed by atoms with Gasteiger partial charge in [0.15, 0.2) is 0 Å². The van der Waals surface area contributed by atoms with Gasteiger partial charge >= 0.3 is 5.97 Å². The van der Waals surface area contributed by atoms with Crippen LogP contribution in [0.4, 0.5) is 0 Å². The van der Waals surface area contributed by atoms with E-state index in [1.807, 2.05) is 0 Å². The molecule has 0 aromatic heterocycles. The molecule has 6 nitrogen and oxygen atoms in total. The number of nitrogens with zero attached hydrogens (tertiary/aromatic N) is 1. The molecule has 14 heavy (non-hydrogen) atoms. The maximum Gasteiger partial charge on any atom is 0.320 e. The van der Waals surface area contributed by atoms with Crippen LogP contribution in [0.15, 0.2) is 0 Å². The third kappa shape index (κ3) is 7.96. The molecule has 0 aromatic carbocycles. The maximum absolute atomic E-state index is 10.9. The van der Waals surface area contributed by atoms with Crippen molar-refractivity contribution < 1.29 is 22.1 Å². The van der Waals surface area contributed by atoms with Crippen molar-refractivity contribution in [2.75, 3.05) is 33.2 Å².